The molecule has 2 aromatic carbocycles. The molecular weight excluding hydrogens is 451 g/mol. The second-order valence-electron chi connectivity index (χ2n) is 5.59. The maximum absolute atomic E-state index is 14.5. The number of nitro benzene ring substituents is 1. The van der Waals surface area contributed by atoms with Crippen molar-refractivity contribution in [3.8, 4) is 28.7 Å². The number of benzene rings is 2. The predicted octanol–water partition coefficient (Wildman–Crippen LogP) is 4.46. The molecule has 0 aliphatic rings. The Bertz CT molecular complexity index is 1140. The average molecular weight is 461 g/mol. The summed E-state index contributed by atoms with van der Waals surface area (Å²) in [5.41, 5.74) is -1.08. The average Bonchev–Trinajstić information content (AvgIpc) is 3.17. The summed E-state index contributed by atoms with van der Waals surface area (Å²) < 4.78 is 47.0. The highest BCUT2D eigenvalue weighted by Gasteiger charge is 2.40. The van der Waals surface area contributed by atoms with Gasteiger partial charge in [0.1, 0.15) is 4.90 Å². The molecule has 0 unspecified atom stereocenters. The molecule has 0 spiro atoms. The normalized spacial score (nSPS) is 11.6. The SMILES string of the molecule is CSc1c(-c2nc(C(F)(F)Sc3ccc(F)c(O)c3)no2)cc(O)c(O)c1[N+](=O)[O-]. The Labute approximate surface area is 173 Å². The number of rotatable bonds is 6. The van der Waals surface area contributed by atoms with Gasteiger partial charge in [-0.3, -0.25) is 10.1 Å². The number of aromatic nitrogens is 2. The van der Waals surface area contributed by atoms with E-state index in [2.05, 4.69) is 10.1 Å². The maximum atomic E-state index is 14.5. The minimum absolute atomic E-state index is 0.0938. The maximum Gasteiger partial charge on any atom is 0.360 e. The predicted molar refractivity (Wildman–Crippen MR) is 99.3 cm³/mol. The summed E-state index contributed by atoms with van der Waals surface area (Å²) in [6.45, 7) is 0. The highest BCUT2D eigenvalue weighted by Crippen LogP contribution is 2.48. The van der Waals surface area contributed by atoms with E-state index in [1.54, 1.807) is 0 Å². The van der Waals surface area contributed by atoms with Gasteiger partial charge in [0.15, 0.2) is 17.3 Å². The molecule has 0 saturated carbocycles. The van der Waals surface area contributed by atoms with Crippen LogP contribution in [0.15, 0.2) is 38.6 Å². The Kier molecular flexibility index (Phi) is 5.72. The molecule has 1 aromatic heterocycles. The number of hydrogen-bond acceptors (Lipinski definition) is 10. The molecule has 0 radical (unpaired) electrons. The Hall–Kier alpha value is -3.13. The smallest absolute Gasteiger partial charge is 0.360 e. The molecule has 3 N–H and O–H groups in total. The summed E-state index contributed by atoms with van der Waals surface area (Å²) in [5.74, 6) is -5.34. The van der Waals surface area contributed by atoms with Crippen molar-refractivity contribution in [3.63, 3.8) is 0 Å². The van der Waals surface area contributed by atoms with Crippen molar-refractivity contribution >= 4 is 29.2 Å². The molecule has 0 aliphatic carbocycles. The van der Waals surface area contributed by atoms with Crippen LogP contribution in [0.25, 0.3) is 11.5 Å². The Morgan fingerprint density at radius 2 is 1.90 bits per heavy atom. The van der Waals surface area contributed by atoms with Gasteiger partial charge in [-0.2, -0.15) is 13.8 Å². The summed E-state index contributed by atoms with van der Waals surface area (Å²) in [7, 11) is 0. The van der Waals surface area contributed by atoms with Crippen molar-refractivity contribution in [1.82, 2.24) is 10.1 Å². The zero-order valence-corrected chi connectivity index (χ0v) is 16.3. The number of alkyl halides is 2. The third-order valence-electron chi connectivity index (χ3n) is 3.67. The number of phenolic OH excluding ortho intramolecular Hbond substituents is 3. The first-order valence-corrected chi connectivity index (χ1v) is 9.76. The molecule has 0 aliphatic heterocycles. The molecule has 0 bridgehead atoms. The molecule has 0 amide bonds. The highest BCUT2D eigenvalue weighted by molar-refractivity contribution is 8.00. The Balaban J connectivity index is 2.01. The van der Waals surface area contributed by atoms with Gasteiger partial charge in [-0.25, -0.2) is 4.39 Å². The first kappa shape index (κ1) is 21.6. The fourth-order valence-electron chi connectivity index (χ4n) is 2.36. The van der Waals surface area contributed by atoms with Gasteiger partial charge in [-0.05, 0) is 42.3 Å². The first-order valence-electron chi connectivity index (χ1n) is 7.72. The lowest BCUT2D eigenvalue weighted by Crippen LogP contribution is -2.10. The van der Waals surface area contributed by atoms with Gasteiger partial charge < -0.3 is 19.8 Å². The second kappa shape index (κ2) is 7.95. The molecule has 0 saturated heterocycles. The number of halogens is 3. The lowest BCUT2D eigenvalue weighted by molar-refractivity contribution is -0.388. The number of aromatic hydroxyl groups is 3. The van der Waals surface area contributed by atoms with Crippen molar-refractivity contribution < 1.29 is 37.9 Å². The van der Waals surface area contributed by atoms with E-state index in [4.69, 9.17) is 4.52 Å². The molecule has 1 heterocycles. The first-order chi connectivity index (χ1) is 14.0. The monoisotopic (exact) mass is 461 g/mol. The van der Waals surface area contributed by atoms with Crippen LogP contribution in [0.3, 0.4) is 0 Å². The van der Waals surface area contributed by atoms with E-state index in [1.165, 1.54) is 6.26 Å². The second-order valence-corrected chi connectivity index (χ2v) is 7.59. The van der Waals surface area contributed by atoms with Crippen molar-refractivity contribution in [2.24, 2.45) is 0 Å². The topological polar surface area (TPSA) is 143 Å². The van der Waals surface area contributed by atoms with Crippen molar-refractivity contribution in [2.45, 2.75) is 15.0 Å². The summed E-state index contributed by atoms with van der Waals surface area (Å²) in [5, 5.41) is 39.5. The van der Waals surface area contributed by atoms with Crippen LogP contribution < -0.4 is 0 Å². The van der Waals surface area contributed by atoms with Crippen LogP contribution in [0.2, 0.25) is 0 Å². The molecule has 14 heteroatoms. The number of phenols is 3. The molecule has 9 nitrogen and oxygen atoms in total. The van der Waals surface area contributed by atoms with E-state index in [0.717, 1.165) is 36.0 Å². The summed E-state index contributed by atoms with van der Waals surface area (Å²) in [6, 6.07) is 3.48. The fraction of sp³-hybridized carbons (Fsp3) is 0.125. The third-order valence-corrected chi connectivity index (χ3v) is 5.42. The van der Waals surface area contributed by atoms with Gasteiger partial charge >= 0.3 is 10.9 Å². The zero-order valence-electron chi connectivity index (χ0n) is 14.7. The van der Waals surface area contributed by atoms with Crippen LogP contribution in [0.5, 0.6) is 17.2 Å². The van der Waals surface area contributed by atoms with E-state index in [1.807, 2.05) is 0 Å². The van der Waals surface area contributed by atoms with Gasteiger partial charge in [0.25, 0.3) is 11.7 Å². The summed E-state index contributed by atoms with van der Waals surface area (Å²) in [4.78, 5) is 13.5. The largest absolute Gasteiger partial charge is 0.505 e. The lowest BCUT2D eigenvalue weighted by atomic mass is 10.1. The van der Waals surface area contributed by atoms with Gasteiger partial charge in [0.2, 0.25) is 5.75 Å². The Morgan fingerprint density at radius 1 is 1.20 bits per heavy atom. The van der Waals surface area contributed by atoms with Crippen molar-refractivity contribution in [3.05, 3.63) is 46.0 Å². The molecular formula is C16H10F3N3O6S2. The minimum Gasteiger partial charge on any atom is -0.505 e. The van der Waals surface area contributed by atoms with E-state index >= 15 is 0 Å². The number of hydrogen-bond donors (Lipinski definition) is 3. The van der Waals surface area contributed by atoms with E-state index in [-0.39, 0.29) is 27.1 Å². The van der Waals surface area contributed by atoms with E-state index in [9.17, 15) is 38.6 Å². The van der Waals surface area contributed by atoms with Gasteiger partial charge in [-0.15, -0.1) is 11.8 Å². The molecule has 158 valence electrons. The van der Waals surface area contributed by atoms with Crippen molar-refractivity contribution in [2.75, 3.05) is 6.26 Å². The number of nitro groups is 1. The lowest BCUT2D eigenvalue weighted by Gasteiger charge is -2.11. The standard InChI is InChI=1S/C16H10F3N3O6S2/c1-29-13-7(5-10(24)12(25)11(13)22(26)27)14-20-15(21-28-14)16(18,19)30-6-2-3-8(17)9(23)4-6/h2-5,23-25H,1H3. The van der Waals surface area contributed by atoms with Crippen LogP contribution >= 0.6 is 23.5 Å². The van der Waals surface area contributed by atoms with Gasteiger partial charge in [-0.1, -0.05) is 5.16 Å². The molecule has 3 rings (SSSR count). The van der Waals surface area contributed by atoms with Crippen LogP contribution in [-0.2, 0) is 5.25 Å². The van der Waals surface area contributed by atoms with Crippen LogP contribution in [-0.4, -0.2) is 36.6 Å². The number of thioether (sulfide) groups is 2. The molecule has 0 atom stereocenters. The van der Waals surface area contributed by atoms with Crippen LogP contribution in [0.1, 0.15) is 5.82 Å². The molecule has 30 heavy (non-hydrogen) atoms. The van der Waals surface area contributed by atoms with Gasteiger partial charge in [0.05, 0.1) is 10.5 Å². The molecule has 0 fully saturated rings. The van der Waals surface area contributed by atoms with E-state index < -0.39 is 50.6 Å². The third kappa shape index (κ3) is 3.95. The van der Waals surface area contributed by atoms with Crippen molar-refractivity contribution in [1.29, 1.82) is 0 Å². The highest BCUT2D eigenvalue weighted by atomic mass is 32.2. The minimum atomic E-state index is -3.78. The fourth-order valence-corrected chi connectivity index (χ4v) is 3.87. The number of nitrogens with zero attached hydrogens (tertiary/aromatic N) is 3. The quantitative estimate of drug-likeness (QED) is 0.208. The van der Waals surface area contributed by atoms with Gasteiger partial charge in [0, 0.05) is 4.90 Å². The zero-order chi connectivity index (χ0) is 22.2. The van der Waals surface area contributed by atoms with Crippen LogP contribution in [0.4, 0.5) is 18.9 Å². The van der Waals surface area contributed by atoms with E-state index in [0.29, 0.717) is 0 Å². The summed E-state index contributed by atoms with van der Waals surface area (Å²) >= 11 is 0.700. The van der Waals surface area contributed by atoms with Crippen LogP contribution in [0, 0.1) is 15.9 Å². The Morgan fingerprint density at radius 3 is 2.50 bits per heavy atom. The molecule has 3 aromatic rings. The summed E-state index contributed by atoms with van der Waals surface area (Å²) in [6.07, 6.45) is 1.42.